The molecule has 1 aliphatic rings. The van der Waals surface area contributed by atoms with Crippen LogP contribution in [0.5, 0.6) is 5.75 Å². The third-order valence-corrected chi connectivity index (χ3v) is 4.61. The van der Waals surface area contributed by atoms with Gasteiger partial charge in [0.05, 0.1) is 11.9 Å². The molecule has 1 aromatic carbocycles. The normalized spacial score (nSPS) is 15.9. The standard InChI is InChI=1S/C20H20N4O2/c25-20(14-7-8-15-12-22-24-19(15)10-14)23-16-5-3-6-18(11-16)26-13-17-4-1-2-9-21-17/h1-6,9,11-12,14H,7-8,10,13H2,(H,22,24)(H,23,25)/t14-/m1/s1. The minimum absolute atomic E-state index is 0.0344. The first-order valence-electron chi connectivity index (χ1n) is 8.73. The van der Waals surface area contributed by atoms with Crippen molar-refractivity contribution in [1.82, 2.24) is 15.2 Å². The number of carbonyl (C=O) groups excluding carboxylic acids is 1. The average Bonchev–Trinajstić information content (AvgIpc) is 3.15. The molecule has 0 fully saturated rings. The number of aromatic amines is 1. The molecular weight excluding hydrogens is 328 g/mol. The van der Waals surface area contributed by atoms with Crippen LogP contribution in [0.4, 0.5) is 5.69 Å². The van der Waals surface area contributed by atoms with Crippen molar-refractivity contribution in [1.29, 1.82) is 0 Å². The second kappa shape index (κ2) is 7.39. The zero-order chi connectivity index (χ0) is 17.8. The minimum atomic E-state index is -0.0407. The first-order valence-corrected chi connectivity index (χ1v) is 8.73. The van der Waals surface area contributed by atoms with E-state index in [4.69, 9.17) is 4.74 Å². The van der Waals surface area contributed by atoms with E-state index in [0.29, 0.717) is 18.8 Å². The fourth-order valence-corrected chi connectivity index (χ4v) is 3.18. The lowest BCUT2D eigenvalue weighted by Crippen LogP contribution is -2.28. The van der Waals surface area contributed by atoms with Crippen LogP contribution in [0.15, 0.2) is 54.9 Å². The Labute approximate surface area is 151 Å². The Bertz CT molecular complexity index is 892. The lowest BCUT2D eigenvalue weighted by molar-refractivity contribution is -0.120. The second-order valence-corrected chi connectivity index (χ2v) is 6.44. The van der Waals surface area contributed by atoms with Crippen LogP contribution < -0.4 is 10.1 Å². The molecule has 3 aromatic rings. The number of amides is 1. The van der Waals surface area contributed by atoms with Crippen molar-refractivity contribution >= 4 is 11.6 Å². The zero-order valence-corrected chi connectivity index (χ0v) is 14.3. The molecule has 0 saturated heterocycles. The number of anilines is 1. The van der Waals surface area contributed by atoms with Gasteiger partial charge in [0.2, 0.25) is 5.91 Å². The number of fused-ring (bicyclic) bond motifs is 1. The minimum Gasteiger partial charge on any atom is -0.487 e. The number of aryl methyl sites for hydroxylation is 1. The lowest BCUT2D eigenvalue weighted by atomic mass is 9.87. The van der Waals surface area contributed by atoms with Crippen LogP contribution in [-0.4, -0.2) is 21.1 Å². The van der Waals surface area contributed by atoms with Gasteiger partial charge >= 0.3 is 0 Å². The van der Waals surface area contributed by atoms with E-state index in [0.717, 1.165) is 29.9 Å². The number of aromatic nitrogens is 3. The predicted molar refractivity (Wildman–Crippen MR) is 97.7 cm³/mol. The van der Waals surface area contributed by atoms with Crippen LogP contribution in [0.3, 0.4) is 0 Å². The fourth-order valence-electron chi connectivity index (χ4n) is 3.18. The third-order valence-electron chi connectivity index (χ3n) is 4.61. The molecule has 0 bridgehead atoms. The fraction of sp³-hybridized carbons (Fsp3) is 0.250. The van der Waals surface area contributed by atoms with E-state index in [9.17, 15) is 4.79 Å². The number of nitrogens with zero attached hydrogens (tertiary/aromatic N) is 2. The van der Waals surface area contributed by atoms with Crippen molar-refractivity contribution in [2.45, 2.75) is 25.9 Å². The molecule has 1 aliphatic carbocycles. The molecule has 2 N–H and O–H groups in total. The van der Waals surface area contributed by atoms with Crippen LogP contribution in [-0.2, 0) is 24.2 Å². The van der Waals surface area contributed by atoms with Gasteiger partial charge in [-0.1, -0.05) is 12.1 Å². The number of hydrogen-bond donors (Lipinski definition) is 2. The maximum atomic E-state index is 12.6. The number of ether oxygens (including phenoxy) is 1. The zero-order valence-electron chi connectivity index (χ0n) is 14.3. The Morgan fingerprint density at radius 2 is 2.23 bits per heavy atom. The van der Waals surface area contributed by atoms with Gasteiger partial charge in [0.1, 0.15) is 12.4 Å². The quantitative estimate of drug-likeness (QED) is 0.742. The van der Waals surface area contributed by atoms with Crippen LogP contribution >= 0.6 is 0 Å². The first-order chi connectivity index (χ1) is 12.8. The van der Waals surface area contributed by atoms with Crippen molar-refractivity contribution in [3.63, 3.8) is 0 Å². The summed E-state index contributed by atoms with van der Waals surface area (Å²) in [6, 6.07) is 13.2. The molecule has 6 heteroatoms. The summed E-state index contributed by atoms with van der Waals surface area (Å²) in [4.78, 5) is 16.8. The summed E-state index contributed by atoms with van der Waals surface area (Å²) in [5.41, 5.74) is 3.89. The molecule has 132 valence electrons. The Morgan fingerprint density at radius 3 is 3.12 bits per heavy atom. The highest BCUT2D eigenvalue weighted by Crippen LogP contribution is 2.25. The maximum Gasteiger partial charge on any atom is 0.227 e. The van der Waals surface area contributed by atoms with Crippen molar-refractivity contribution in [2.24, 2.45) is 5.92 Å². The van der Waals surface area contributed by atoms with E-state index in [-0.39, 0.29) is 11.8 Å². The molecule has 0 aliphatic heterocycles. The van der Waals surface area contributed by atoms with Crippen LogP contribution in [0.25, 0.3) is 0 Å². The molecule has 2 heterocycles. The van der Waals surface area contributed by atoms with Gasteiger partial charge in [-0.3, -0.25) is 14.9 Å². The van der Waals surface area contributed by atoms with E-state index in [1.807, 2.05) is 48.7 Å². The number of rotatable bonds is 5. The molecule has 1 amide bonds. The highest BCUT2D eigenvalue weighted by molar-refractivity contribution is 5.93. The summed E-state index contributed by atoms with van der Waals surface area (Å²) in [5, 5.41) is 10.1. The van der Waals surface area contributed by atoms with Crippen molar-refractivity contribution in [2.75, 3.05) is 5.32 Å². The first kappa shape index (κ1) is 16.3. The van der Waals surface area contributed by atoms with Crippen molar-refractivity contribution in [3.8, 4) is 5.75 Å². The van der Waals surface area contributed by atoms with Gasteiger partial charge in [0.25, 0.3) is 0 Å². The highest BCUT2D eigenvalue weighted by Gasteiger charge is 2.25. The molecule has 6 nitrogen and oxygen atoms in total. The monoisotopic (exact) mass is 348 g/mol. The molecule has 0 spiro atoms. The SMILES string of the molecule is O=C(Nc1cccc(OCc2ccccn2)c1)[C@@H]1CCc2cn[nH]c2C1. The maximum absolute atomic E-state index is 12.6. The predicted octanol–water partition coefficient (Wildman–Crippen LogP) is 3.13. The van der Waals surface area contributed by atoms with Gasteiger partial charge in [-0.25, -0.2) is 0 Å². The van der Waals surface area contributed by atoms with E-state index in [1.165, 1.54) is 5.56 Å². The Kier molecular flexibility index (Phi) is 4.64. The Morgan fingerprint density at radius 1 is 1.27 bits per heavy atom. The van der Waals surface area contributed by atoms with Gasteiger partial charge in [-0.2, -0.15) is 5.10 Å². The summed E-state index contributed by atoms with van der Waals surface area (Å²) in [6.45, 7) is 0.392. The largest absolute Gasteiger partial charge is 0.487 e. The molecule has 0 saturated carbocycles. The van der Waals surface area contributed by atoms with Gasteiger partial charge in [0.15, 0.2) is 0 Å². The summed E-state index contributed by atoms with van der Waals surface area (Å²) < 4.78 is 5.77. The summed E-state index contributed by atoms with van der Waals surface area (Å²) in [6.07, 6.45) is 6.03. The average molecular weight is 348 g/mol. The number of hydrogen-bond acceptors (Lipinski definition) is 4. The number of carbonyl (C=O) groups is 1. The number of H-pyrrole nitrogens is 1. The molecular formula is C20H20N4O2. The molecule has 0 radical (unpaired) electrons. The summed E-state index contributed by atoms with van der Waals surface area (Å²) >= 11 is 0. The van der Waals surface area contributed by atoms with E-state index >= 15 is 0 Å². The topological polar surface area (TPSA) is 79.9 Å². The second-order valence-electron chi connectivity index (χ2n) is 6.44. The summed E-state index contributed by atoms with van der Waals surface area (Å²) in [7, 11) is 0. The van der Waals surface area contributed by atoms with E-state index in [2.05, 4.69) is 20.5 Å². The summed E-state index contributed by atoms with van der Waals surface area (Å²) in [5.74, 6) is 0.695. The van der Waals surface area contributed by atoms with Gasteiger partial charge in [0, 0.05) is 36.0 Å². The van der Waals surface area contributed by atoms with Crippen molar-refractivity contribution in [3.05, 3.63) is 71.8 Å². The highest BCUT2D eigenvalue weighted by atomic mass is 16.5. The van der Waals surface area contributed by atoms with Gasteiger partial charge < -0.3 is 10.1 Å². The van der Waals surface area contributed by atoms with Crippen LogP contribution in [0.1, 0.15) is 23.4 Å². The smallest absolute Gasteiger partial charge is 0.227 e. The number of nitrogens with one attached hydrogen (secondary N) is 2. The Balaban J connectivity index is 1.37. The molecule has 4 rings (SSSR count). The van der Waals surface area contributed by atoms with E-state index in [1.54, 1.807) is 6.20 Å². The number of benzene rings is 1. The number of pyridine rings is 1. The van der Waals surface area contributed by atoms with E-state index < -0.39 is 0 Å². The van der Waals surface area contributed by atoms with Gasteiger partial charge in [-0.15, -0.1) is 0 Å². The van der Waals surface area contributed by atoms with Crippen LogP contribution in [0.2, 0.25) is 0 Å². The third kappa shape index (κ3) is 3.74. The van der Waals surface area contributed by atoms with Crippen molar-refractivity contribution < 1.29 is 9.53 Å². The lowest BCUT2D eigenvalue weighted by Gasteiger charge is -2.21. The molecule has 0 unspecified atom stereocenters. The molecule has 2 aromatic heterocycles. The Hall–Kier alpha value is -3.15. The van der Waals surface area contributed by atoms with Crippen LogP contribution in [0, 0.1) is 5.92 Å². The molecule has 1 atom stereocenters. The van der Waals surface area contributed by atoms with Gasteiger partial charge in [-0.05, 0) is 42.7 Å². The molecule has 26 heavy (non-hydrogen) atoms.